The topological polar surface area (TPSA) is 92.1 Å². The van der Waals surface area contributed by atoms with Crippen molar-refractivity contribution in [2.75, 3.05) is 6.54 Å². The van der Waals surface area contributed by atoms with Gasteiger partial charge in [0, 0.05) is 24.2 Å². The van der Waals surface area contributed by atoms with Crippen LogP contribution in [0.3, 0.4) is 0 Å². The molecular formula is C14H14N4O4S. The van der Waals surface area contributed by atoms with E-state index in [9.17, 15) is 19.2 Å². The van der Waals surface area contributed by atoms with Gasteiger partial charge in [-0.25, -0.2) is 14.7 Å². The number of rotatable bonds is 5. The van der Waals surface area contributed by atoms with Crippen molar-refractivity contribution in [2.24, 2.45) is 0 Å². The molecule has 3 heterocycles. The standard InChI is InChI=1S/C14H14N4O4S/c1-2-3-4-17-11(20)12(21)18(14(17)22)8-9-7-10(19)16-5-6-23-13(16)15-9/h5-7H,2-4,8H2,1H3. The van der Waals surface area contributed by atoms with Gasteiger partial charge < -0.3 is 0 Å². The van der Waals surface area contributed by atoms with Crippen LogP contribution in [-0.2, 0) is 16.1 Å². The van der Waals surface area contributed by atoms with Crippen LogP contribution in [0.25, 0.3) is 4.96 Å². The number of urea groups is 1. The second kappa shape index (κ2) is 5.92. The summed E-state index contributed by atoms with van der Waals surface area (Å²) < 4.78 is 1.38. The lowest BCUT2D eigenvalue weighted by molar-refractivity contribution is -0.143. The molecule has 0 aliphatic carbocycles. The zero-order chi connectivity index (χ0) is 16.6. The smallest absolute Gasteiger partial charge is 0.269 e. The maximum Gasteiger partial charge on any atom is 0.334 e. The highest BCUT2D eigenvalue weighted by Gasteiger charge is 2.44. The predicted molar refractivity (Wildman–Crippen MR) is 81.9 cm³/mol. The number of hydrogen-bond donors (Lipinski definition) is 0. The summed E-state index contributed by atoms with van der Waals surface area (Å²) in [6.45, 7) is 1.96. The SMILES string of the molecule is CCCCN1C(=O)C(=O)N(Cc2cc(=O)n3ccsc3n2)C1=O. The van der Waals surface area contributed by atoms with Crippen molar-refractivity contribution in [3.05, 3.63) is 33.7 Å². The number of imide groups is 2. The molecule has 1 aliphatic rings. The highest BCUT2D eigenvalue weighted by atomic mass is 32.1. The molecule has 4 amide bonds. The number of thiazole rings is 1. The molecule has 8 nitrogen and oxygen atoms in total. The predicted octanol–water partition coefficient (Wildman–Crippen LogP) is 0.847. The summed E-state index contributed by atoms with van der Waals surface area (Å²) in [7, 11) is 0. The van der Waals surface area contributed by atoms with Crippen molar-refractivity contribution >= 4 is 34.1 Å². The second-order valence-corrected chi connectivity index (χ2v) is 6.00. The third-order valence-corrected chi connectivity index (χ3v) is 4.30. The number of unbranched alkanes of at least 4 members (excludes halogenated alkanes) is 1. The van der Waals surface area contributed by atoms with Gasteiger partial charge in [-0.2, -0.15) is 0 Å². The van der Waals surface area contributed by atoms with Gasteiger partial charge in [-0.1, -0.05) is 13.3 Å². The Kier molecular flexibility index (Phi) is 3.95. The van der Waals surface area contributed by atoms with Crippen LogP contribution in [0, 0.1) is 0 Å². The van der Waals surface area contributed by atoms with E-state index < -0.39 is 17.8 Å². The zero-order valence-electron chi connectivity index (χ0n) is 12.4. The number of hydrogen-bond acceptors (Lipinski definition) is 6. The Labute approximate surface area is 134 Å². The van der Waals surface area contributed by atoms with Gasteiger partial charge in [0.2, 0.25) is 0 Å². The highest BCUT2D eigenvalue weighted by molar-refractivity contribution is 7.15. The van der Waals surface area contributed by atoms with Crippen molar-refractivity contribution in [2.45, 2.75) is 26.3 Å². The first kappa shape index (κ1) is 15.3. The van der Waals surface area contributed by atoms with E-state index in [2.05, 4.69) is 4.98 Å². The number of amides is 4. The molecular weight excluding hydrogens is 320 g/mol. The third-order valence-electron chi connectivity index (χ3n) is 3.55. The fourth-order valence-corrected chi connectivity index (χ4v) is 3.07. The molecule has 0 bridgehead atoms. The van der Waals surface area contributed by atoms with Crippen LogP contribution in [0.4, 0.5) is 4.79 Å². The van der Waals surface area contributed by atoms with E-state index in [1.165, 1.54) is 21.8 Å². The Hall–Kier alpha value is -2.55. The molecule has 1 fully saturated rings. The average molecular weight is 334 g/mol. The van der Waals surface area contributed by atoms with Crippen LogP contribution in [0.1, 0.15) is 25.5 Å². The molecule has 3 rings (SSSR count). The zero-order valence-corrected chi connectivity index (χ0v) is 13.2. The highest BCUT2D eigenvalue weighted by Crippen LogP contribution is 2.16. The molecule has 2 aromatic rings. The Morgan fingerprint density at radius 1 is 1.13 bits per heavy atom. The third kappa shape index (κ3) is 2.63. The first-order valence-corrected chi connectivity index (χ1v) is 8.04. The molecule has 120 valence electrons. The van der Waals surface area contributed by atoms with Gasteiger partial charge in [0.1, 0.15) is 0 Å². The van der Waals surface area contributed by atoms with Gasteiger partial charge in [-0.3, -0.25) is 23.7 Å². The molecule has 23 heavy (non-hydrogen) atoms. The number of aromatic nitrogens is 2. The van der Waals surface area contributed by atoms with Crippen LogP contribution in [-0.4, -0.2) is 43.6 Å². The largest absolute Gasteiger partial charge is 0.334 e. The Morgan fingerprint density at radius 2 is 1.87 bits per heavy atom. The molecule has 0 aromatic carbocycles. The molecule has 2 aromatic heterocycles. The van der Waals surface area contributed by atoms with Crippen LogP contribution >= 0.6 is 11.3 Å². The average Bonchev–Trinajstić information content (AvgIpc) is 3.07. The molecule has 0 unspecified atom stereocenters. The van der Waals surface area contributed by atoms with E-state index in [1.807, 2.05) is 6.92 Å². The van der Waals surface area contributed by atoms with Gasteiger partial charge in [0.25, 0.3) is 5.56 Å². The summed E-state index contributed by atoms with van der Waals surface area (Å²) in [6, 6.07) is 0.612. The Bertz CT molecular complexity index is 856. The summed E-state index contributed by atoms with van der Waals surface area (Å²) in [5, 5.41) is 1.72. The molecule has 0 radical (unpaired) electrons. The van der Waals surface area contributed by atoms with Crippen molar-refractivity contribution in [3.63, 3.8) is 0 Å². The Balaban J connectivity index is 1.86. The molecule has 9 heteroatoms. The van der Waals surface area contributed by atoms with Crippen molar-refractivity contribution in [1.82, 2.24) is 19.2 Å². The number of carbonyl (C=O) groups excluding carboxylic acids is 3. The fourth-order valence-electron chi connectivity index (χ4n) is 2.33. The maximum atomic E-state index is 12.2. The van der Waals surface area contributed by atoms with Gasteiger partial charge in [0.05, 0.1) is 12.2 Å². The number of fused-ring (bicyclic) bond motifs is 1. The molecule has 1 aliphatic heterocycles. The van der Waals surface area contributed by atoms with Crippen molar-refractivity contribution in [3.8, 4) is 0 Å². The maximum absolute atomic E-state index is 12.2. The van der Waals surface area contributed by atoms with Gasteiger partial charge in [-0.15, -0.1) is 11.3 Å². The lowest BCUT2D eigenvalue weighted by atomic mass is 10.3. The lowest BCUT2D eigenvalue weighted by Gasteiger charge is -2.14. The molecule has 0 spiro atoms. The lowest BCUT2D eigenvalue weighted by Crippen LogP contribution is -2.34. The van der Waals surface area contributed by atoms with Crippen LogP contribution in [0.2, 0.25) is 0 Å². The number of nitrogens with zero attached hydrogens (tertiary/aromatic N) is 4. The van der Waals surface area contributed by atoms with Gasteiger partial charge in [-0.05, 0) is 6.42 Å². The number of carbonyl (C=O) groups is 3. The minimum absolute atomic E-state index is 0.185. The fraction of sp³-hybridized carbons (Fsp3) is 0.357. The molecule has 0 N–H and O–H groups in total. The first-order valence-electron chi connectivity index (χ1n) is 7.16. The van der Waals surface area contributed by atoms with E-state index in [4.69, 9.17) is 0 Å². The quantitative estimate of drug-likeness (QED) is 0.597. The summed E-state index contributed by atoms with van der Waals surface area (Å²) in [6.07, 6.45) is 3.04. The molecule has 1 saturated heterocycles. The van der Waals surface area contributed by atoms with E-state index in [-0.39, 0.29) is 24.3 Å². The molecule has 0 atom stereocenters. The monoisotopic (exact) mass is 334 g/mol. The second-order valence-electron chi connectivity index (χ2n) is 5.13. The normalized spacial score (nSPS) is 15.3. The summed E-state index contributed by atoms with van der Waals surface area (Å²) in [5.41, 5.74) is -0.0104. The van der Waals surface area contributed by atoms with Crippen molar-refractivity contribution < 1.29 is 14.4 Å². The summed E-state index contributed by atoms with van der Waals surface area (Å²) in [5.74, 6) is -1.70. The van der Waals surface area contributed by atoms with E-state index in [1.54, 1.807) is 11.6 Å². The first-order chi connectivity index (χ1) is 11.0. The summed E-state index contributed by atoms with van der Waals surface area (Å²) >= 11 is 1.27. The van der Waals surface area contributed by atoms with Crippen molar-refractivity contribution in [1.29, 1.82) is 0 Å². The van der Waals surface area contributed by atoms with Gasteiger partial charge in [0.15, 0.2) is 4.96 Å². The van der Waals surface area contributed by atoms with Crippen LogP contribution in [0.15, 0.2) is 22.4 Å². The van der Waals surface area contributed by atoms with Crippen LogP contribution in [0.5, 0.6) is 0 Å². The van der Waals surface area contributed by atoms with Gasteiger partial charge >= 0.3 is 17.8 Å². The summed E-state index contributed by atoms with van der Waals surface area (Å²) in [4.78, 5) is 54.6. The Morgan fingerprint density at radius 3 is 2.61 bits per heavy atom. The molecule has 0 saturated carbocycles. The van der Waals surface area contributed by atoms with Crippen LogP contribution < -0.4 is 5.56 Å². The van der Waals surface area contributed by atoms with E-state index in [0.29, 0.717) is 11.4 Å². The van der Waals surface area contributed by atoms with E-state index >= 15 is 0 Å². The van der Waals surface area contributed by atoms with E-state index in [0.717, 1.165) is 16.2 Å². The minimum atomic E-state index is -0.876. The minimum Gasteiger partial charge on any atom is -0.269 e.